The molecule has 0 N–H and O–H groups in total. The van der Waals surface area contributed by atoms with Crippen molar-refractivity contribution in [1.29, 1.82) is 0 Å². The Morgan fingerprint density at radius 3 is 2.52 bits per heavy atom. The standard InChI is InChI=1S/C13H9ClF3IN2O/c1-2-8-10(18)11(14)20-12(19-8)7-5-3-4-6-9(7)21-13(15,16)17/h3-6H,2H2,1H3. The molecular weight excluding hydrogens is 420 g/mol. The van der Waals surface area contributed by atoms with E-state index in [1.807, 2.05) is 29.5 Å². The van der Waals surface area contributed by atoms with E-state index in [2.05, 4.69) is 14.7 Å². The van der Waals surface area contributed by atoms with Gasteiger partial charge < -0.3 is 4.74 Å². The Bertz CT molecular complexity index is 664. The zero-order chi connectivity index (χ0) is 15.6. The van der Waals surface area contributed by atoms with Gasteiger partial charge >= 0.3 is 6.36 Å². The summed E-state index contributed by atoms with van der Waals surface area (Å²) in [5, 5.41) is 0.208. The maximum absolute atomic E-state index is 12.4. The quantitative estimate of drug-likeness (QED) is 0.517. The van der Waals surface area contributed by atoms with Crippen molar-refractivity contribution >= 4 is 34.2 Å². The molecule has 112 valence electrons. The topological polar surface area (TPSA) is 35.0 Å². The zero-order valence-electron chi connectivity index (χ0n) is 10.7. The van der Waals surface area contributed by atoms with Crippen molar-refractivity contribution in [2.24, 2.45) is 0 Å². The molecule has 1 heterocycles. The summed E-state index contributed by atoms with van der Waals surface area (Å²) in [5.41, 5.74) is 0.815. The summed E-state index contributed by atoms with van der Waals surface area (Å²) in [4.78, 5) is 8.30. The molecule has 2 rings (SSSR count). The van der Waals surface area contributed by atoms with Gasteiger partial charge in [-0.1, -0.05) is 30.7 Å². The van der Waals surface area contributed by atoms with Crippen molar-refractivity contribution in [3.05, 3.63) is 38.7 Å². The van der Waals surface area contributed by atoms with Gasteiger partial charge in [0.15, 0.2) is 5.82 Å². The fourth-order valence-corrected chi connectivity index (χ4v) is 2.49. The normalized spacial score (nSPS) is 11.5. The van der Waals surface area contributed by atoms with Gasteiger partial charge in [0.2, 0.25) is 0 Å². The number of aromatic nitrogens is 2. The van der Waals surface area contributed by atoms with Crippen LogP contribution in [0, 0.1) is 3.57 Å². The molecule has 0 aliphatic rings. The lowest BCUT2D eigenvalue weighted by atomic mass is 10.2. The number of hydrogen-bond acceptors (Lipinski definition) is 3. The average Bonchev–Trinajstić information content (AvgIpc) is 2.40. The van der Waals surface area contributed by atoms with Crippen LogP contribution in [-0.4, -0.2) is 16.3 Å². The molecule has 0 atom stereocenters. The number of halogens is 5. The second-order valence-electron chi connectivity index (χ2n) is 4.00. The molecule has 3 nitrogen and oxygen atoms in total. The number of benzene rings is 1. The summed E-state index contributed by atoms with van der Waals surface area (Å²) in [6, 6.07) is 5.70. The highest BCUT2D eigenvalue weighted by Crippen LogP contribution is 2.33. The second-order valence-corrected chi connectivity index (χ2v) is 5.43. The summed E-state index contributed by atoms with van der Waals surface area (Å²) < 4.78 is 42.0. The van der Waals surface area contributed by atoms with E-state index in [4.69, 9.17) is 11.6 Å². The van der Waals surface area contributed by atoms with Crippen LogP contribution in [0.2, 0.25) is 5.15 Å². The number of nitrogens with zero attached hydrogens (tertiary/aromatic N) is 2. The zero-order valence-corrected chi connectivity index (χ0v) is 13.6. The highest BCUT2D eigenvalue weighted by atomic mass is 127. The molecule has 1 aromatic heterocycles. The van der Waals surface area contributed by atoms with E-state index in [1.54, 1.807) is 6.07 Å². The Labute approximate surface area is 137 Å². The average molecular weight is 429 g/mol. The van der Waals surface area contributed by atoms with Crippen LogP contribution in [0.5, 0.6) is 5.75 Å². The highest BCUT2D eigenvalue weighted by Gasteiger charge is 2.32. The number of rotatable bonds is 3. The maximum atomic E-state index is 12.4. The Hall–Kier alpha value is -1.09. The fourth-order valence-electron chi connectivity index (χ4n) is 1.68. The molecule has 0 bridgehead atoms. The van der Waals surface area contributed by atoms with Gasteiger partial charge in [0, 0.05) is 0 Å². The van der Waals surface area contributed by atoms with E-state index >= 15 is 0 Å². The lowest BCUT2D eigenvalue weighted by Gasteiger charge is -2.13. The molecule has 8 heteroatoms. The molecule has 0 fully saturated rings. The molecule has 0 saturated carbocycles. The van der Waals surface area contributed by atoms with Crippen LogP contribution in [0.25, 0.3) is 11.4 Å². The van der Waals surface area contributed by atoms with Crippen LogP contribution in [0.15, 0.2) is 24.3 Å². The molecule has 0 unspecified atom stereocenters. The minimum absolute atomic E-state index is 0.108. The van der Waals surface area contributed by atoms with Gasteiger partial charge in [0.1, 0.15) is 10.9 Å². The Morgan fingerprint density at radius 1 is 1.24 bits per heavy atom. The SMILES string of the molecule is CCc1nc(-c2ccccc2OC(F)(F)F)nc(Cl)c1I. The summed E-state index contributed by atoms with van der Waals surface area (Å²) in [6.45, 7) is 1.88. The molecule has 0 radical (unpaired) electrons. The molecule has 0 aliphatic carbocycles. The first-order chi connectivity index (χ1) is 9.81. The summed E-state index contributed by atoms with van der Waals surface area (Å²) in [6.07, 6.45) is -4.19. The van der Waals surface area contributed by atoms with E-state index < -0.39 is 6.36 Å². The lowest BCUT2D eigenvalue weighted by Crippen LogP contribution is -2.17. The molecule has 0 aliphatic heterocycles. The van der Waals surface area contributed by atoms with Crippen molar-refractivity contribution in [3.8, 4) is 17.1 Å². The first kappa shape index (κ1) is 16.3. The summed E-state index contributed by atoms with van der Waals surface area (Å²) in [5.74, 6) is -0.249. The van der Waals surface area contributed by atoms with E-state index in [9.17, 15) is 13.2 Å². The van der Waals surface area contributed by atoms with Crippen LogP contribution in [0.3, 0.4) is 0 Å². The summed E-state index contributed by atoms with van der Waals surface area (Å²) >= 11 is 8.02. The van der Waals surface area contributed by atoms with E-state index in [-0.39, 0.29) is 22.3 Å². The number of para-hydroxylation sites is 1. The van der Waals surface area contributed by atoms with Crippen LogP contribution < -0.4 is 4.74 Å². The smallest absolute Gasteiger partial charge is 0.405 e. The number of aryl methyl sites for hydroxylation is 1. The third-order valence-corrected chi connectivity index (χ3v) is 4.29. The van der Waals surface area contributed by atoms with Crippen LogP contribution in [0.4, 0.5) is 13.2 Å². The predicted molar refractivity (Wildman–Crippen MR) is 81.3 cm³/mol. The number of ether oxygens (including phenoxy) is 1. The molecule has 21 heavy (non-hydrogen) atoms. The molecule has 0 amide bonds. The molecule has 2 aromatic rings. The first-order valence-electron chi connectivity index (χ1n) is 5.89. The van der Waals surface area contributed by atoms with Gasteiger partial charge in [-0.25, -0.2) is 9.97 Å². The predicted octanol–water partition coefficient (Wildman–Crippen LogP) is 4.86. The van der Waals surface area contributed by atoms with E-state index in [0.29, 0.717) is 15.7 Å². The fraction of sp³-hybridized carbons (Fsp3) is 0.231. The largest absolute Gasteiger partial charge is 0.573 e. The highest BCUT2D eigenvalue weighted by molar-refractivity contribution is 14.1. The minimum atomic E-state index is -4.78. The van der Waals surface area contributed by atoms with E-state index in [1.165, 1.54) is 18.2 Å². The molecule has 0 spiro atoms. The summed E-state index contributed by atoms with van der Waals surface area (Å²) in [7, 11) is 0. The van der Waals surface area contributed by atoms with Gasteiger partial charge in [-0.2, -0.15) is 0 Å². The molecule has 0 saturated heterocycles. The van der Waals surface area contributed by atoms with Crippen LogP contribution in [0.1, 0.15) is 12.6 Å². The third kappa shape index (κ3) is 3.97. The lowest BCUT2D eigenvalue weighted by molar-refractivity contribution is -0.274. The van der Waals surface area contributed by atoms with Crippen molar-refractivity contribution in [2.75, 3.05) is 0 Å². The molecular formula is C13H9ClF3IN2O. The molecule has 1 aromatic carbocycles. The van der Waals surface area contributed by atoms with Crippen LogP contribution >= 0.6 is 34.2 Å². The van der Waals surface area contributed by atoms with Crippen molar-refractivity contribution in [3.63, 3.8) is 0 Å². The Morgan fingerprint density at radius 2 is 1.90 bits per heavy atom. The van der Waals surface area contributed by atoms with Gasteiger partial charge in [0.25, 0.3) is 0 Å². The van der Waals surface area contributed by atoms with Gasteiger partial charge in [-0.15, -0.1) is 13.2 Å². The van der Waals surface area contributed by atoms with Gasteiger partial charge in [0.05, 0.1) is 14.8 Å². The second kappa shape index (κ2) is 6.35. The van der Waals surface area contributed by atoms with Crippen molar-refractivity contribution < 1.29 is 17.9 Å². The Balaban J connectivity index is 2.55. The minimum Gasteiger partial charge on any atom is -0.405 e. The van der Waals surface area contributed by atoms with Crippen molar-refractivity contribution in [1.82, 2.24) is 9.97 Å². The van der Waals surface area contributed by atoms with Gasteiger partial charge in [-0.05, 0) is 41.1 Å². The third-order valence-electron chi connectivity index (χ3n) is 2.57. The van der Waals surface area contributed by atoms with Gasteiger partial charge in [-0.3, -0.25) is 0 Å². The maximum Gasteiger partial charge on any atom is 0.573 e. The number of alkyl halides is 3. The monoisotopic (exact) mass is 428 g/mol. The van der Waals surface area contributed by atoms with Crippen LogP contribution in [-0.2, 0) is 6.42 Å². The Kier molecular flexibility index (Phi) is 4.92. The first-order valence-corrected chi connectivity index (χ1v) is 7.34. The number of hydrogen-bond donors (Lipinski definition) is 0. The van der Waals surface area contributed by atoms with Crippen molar-refractivity contribution in [2.45, 2.75) is 19.7 Å². The van der Waals surface area contributed by atoms with E-state index in [0.717, 1.165) is 0 Å².